The van der Waals surface area contributed by atoms with Crippen molar-refractivity contribution in [1.29, 1.82) is 0 Å². The van der Waals surface area contributed by atoms with E-state index in [4.69, 9.17) is 9.15 Å². The number of hydrogen-bond acceptors (Lipinski definition) is 4. The molecular weight excluding hydrogens is 256 g/mol. The second-order valence-corrected chi connectivity index (χ2v) is 4.92. The fourth-order valence-corrected chi connectivity index (χ4v) is 2.04. The van der Waals surface area contributed by atoms with E-state index in [1.807, 2.05) is 20.2 Å². The van der Waals surface area contributed by atoms with Crippen molar-refractivity contribution in [2.45, 2.75) is 6.42 Å². The van der Waals surface area contributed by atoms with E-state index in [9.17, 15) is 4.79 Å². The highest BCUT2D eigenvalue weighted by molar-refractivity contribution is 5.99. The van der Waals surface area contributed by atoms with Crippen molar-refractivity contribution in [2.24, 2.45) is 0 Å². The second-order valence-electron chi connectivity index (χ2n) is 4.92. The lowest BCUT2D eigenvalue weighted by Crippen LogP contribution is -2.27. The predicted octanol–water partition coefficient (Wildman–Crippen LogP) is 2.12. The lowest BCUT2D eigenvalue weighted by atomic mass is 10.1. The van der Waals surface area contributed by atoms with Crippen molar-refractivity contribution < 1.29 is 13.9 Å². The van der Waals surface area contributed by atoms with E-state index in [2.05, 4.69) is 10.2 Å². The van der Waals surface area contributed by atoms with Crippen molar-refractivity contribution in [1.82, 2.24) is 10.2 Å². The number of furan rings is 1. The first-order chi connectivity index (χ1) is 9.61. The maximum absolute atomic E-state index is 12.1. The molecule has 1 heterocycles. The molecule has 5 heteroatoms. The van der Waals surface area contributed by atoms with E-state index in [0.29, 0.717) is 23.4 Å². The van der Waals surface area contributed by atoms with Crippen molar-refractivity contribution in [3.63, 3.8) is 0 Å². The Labute approximate surface area is 118 Å². The fraction of sp³-hybridized carbons (Fsp3) is 0.400. The Bertz CT molecular complexity index is 590. The molecule has 2 rings (SSSR count). The molecule has 1 N–H and O–H groups in total. The van der Waals surface area contributed by atoms with Gasteiger partial charge >= 0.3 is 0 Å². The summed E-state index contributed by atoms with van der Waals surface area (Å²) in [5.41, 5.74) is 1.21. The van der Waals surface area contributed by atoms with E-state index in [0.717, 1.165) is 18.4 Å². The van der Waals surface area contributed by atoms with Crippen LogP contribution in [0.25, 0.3) is 11.0 Å². The Balaban J connectivity index is 2.06. The standard InChI is InChI=1S/C15H20N2O3/c1-17(2)7-4-6-16-15(18)11-9-13(19-3)12-5-8-20-14(12)10-11/h5,8-10H,4,6-7H2,1-3H3,(H,16,18). The van der Waals surface area contributed by atoms with Gasteiger partial charge in [-0.3, -0.25) is 4.79 Å². The van der Waals surface area contributed by atoms with Crippen LogP contribution in [0.3, 0.4) is 0 Å². The lowest BCUT2D eigenvalue weighted by Gasteiger charge is -2.10. The number of ether oxygens (including phenoxy) is 1. The van der Waals surface area contributed by atoms with Gasteiger partial charge in [0.25, 0.3) is 5.91 Å². The monoisotopic (exact) mass is 276 g/mol. The fourth-order valence-electron chi connectivity index (χ4n) is 2.04. The molecule has 0 aliphatic heterocycles. The number of hydrogen-bond donors (Lipinski definition) is 1. The van der Waals surface area contributed by atoms with Crippen LogP contribution in [-0.2, 0) is 0 Å². The topological polar surface area (TPSA) is 54.7 Å². The number of methoxy groups -OCH3 is 1. The molecule has 0 radical (unpaired) electrons. The largest absolute Gasteiger partial charge is 0.496 e. The van der Waals surface area contributed by atoms with Crippen molar-refractivity contribution in [3.8, 4) is 5.75 Å². The van der Waals surface area contributed by atoms with Gasteiger partial charge in [-0.2, -0.15) is 0 Å². The molecule has 0 saturated carbocycles. The van der Waals surface area contributed by atoms with Crippen LogP contribution in [0.4, 0.5) is 0 Å². The van der Waals surface area contributed by atoms with Crippen molar-refractivity contribution >= 4 is 16.9 Å². The summed E-state index contributed by atoms with van der Waals surface area (Å²) in [6, 6.07) is 5.30. The minimum atomic E-state index is -0.111. The van der Waals surface area contributed by atoms with Crippen molar-refractivity contribution in [3.05, 3.63) is 30.0 Å². The molecule has 0 aliphatic carbocycles. The quantitative estimate of drug-likeness (QED) is 0.821. The van der Waals surface area contributed by atoms with Crippen LogP contribution in [-0.4, -0.2) is 45.1 Å². The minimum absolute atomic E-state index is 0.111. The maximum atomic E-state index is 12.1. The van der Waals surface area contributed by atoms with Gasteiger partial charge in [0.1, 0.15) is 11.3 Å². The number of rotatable bonds is 6. The summed E-state index contributed by atoms with van der Waals surface area (Å²) in [5, 5.41) is 3.77. The number of nitrogens with one attached hydrogen (secondary N) is 1. The molecule has 0 spiro atoms. The minimum Gasteiger partial charge on any atom is -0.496 e. The summed E-state index contributed by atoms with van der Waals surface area (Å²) >= 11 is 0. The van der Waals surface area contributed by atoms with Gasteiger partial charge in [0.2, 0.25) is 0 Å². The SMILES string of the molecule is COc1cc(C(=O)NCCCN(C)C)cc2occc12. The van der Waals surface area contributed by atoms with Crippen LogP contribution >= 0.6 is 0 Å². The van der Waals surface area contributed by atoms with E-state index in [1.54, 1.807) is 25.5 Å². The Morgan fingerprint density at radius 3 is 2.90 bits per heavy atom. The van der Waals surface area contributed by atoms with Gasteiger partial charge in [-0.1, -0.05) is 0 Å². The lowest BCUT2D eigenvalue weighted by molar-refractivity contribution is 0.0952. The van der Waals surface area contributed by atoms with Crippen LogP contribution < -0.4 is 10.1 Å². The molecule has 0 unspecified atom stereocenters. The summed E-state index contributed by atoms with van der Waals surface area (Å²) in [5.74, 6) is 0.537. The first-order valence-corrected chi connectivity index (χ1v) is 6.60. The molecule has 108 valence electrons. The first-order valence-electron chi connectivity index (χ1n) is 6.60. The third kappa shape index (κ3) is 3.30. The number of carbonyl (C=O) groups is 1. The Morgan fingerprint density at radius 1 is 1.40 bits per heavy atom. The van der Waals surface area contributed by atoms with Crippen molar-refractivity contribution in [2.75, 3.05) is 34.3 Å². The molecule has 0 bridgehead atoms. The Morgan fingerprint density at radius 2 is 2.20 bits per heavy atom. The molecule has 0 atom stereocenters. The number of benzene rings is 1. The summed E-state index contributed by atoms with van der Waals surface area (Å²) in [7, 11) is 5.61. The average Bonchev–Trinajstić information content (AvgIpc) is 2.90. The highest BCUT2D eigenvalue weighted by atomic mass is 16.5. The van der Waals surface area contributed by atoms with Gasteiger partial charge in [0.05, 0.1) is 18.8 Å². The molecular formula is C15H20N2O3. The van der Waals surface area contributed by atoms with Gasteiger partial charge in [-0.25, -0.2) is 0 Å². The highest BCUT2D eigenvalue weighted by Crippen LogP contribution is 2.28. The third-order valence-corrected chi connectivity index (χ3v) is 3.08. The molecule has 1 aromatic carbocycles. The third-order valence-electron chi connectivity index (χ3n) is 3.08. The van der Waals surface area contributed by atoms with Gasteiger partial charge in [-0.15, -0.1) is 0 Å². The normalized spacial score (nSPS) is 11.0. The number of amides is 1. The molecule has 0 fully saturated rings. The van der Waals surface area contributed by atoms with Crippen LogP contribution in [0.2, 0.25) is 0 Å². The molecule has 1 aromatic heterocycles. The summed E-state index contributed by atoms with van der Waals surface area (Å²) in [6.07, 6.45) is 2.50. The molecule has 0 aliphatic rings. The number of fused-ring (bicyclic) bond motifs is 1. The number of nitrogens with zero attached hydrogens (tertiary/aromatic N) is 1. The zero-order valence-electron chi connectivity index (χ0n) is 12.1. The highest BCUT2D eigenvalue weighted by Gasteiger charge is 2.12. The zero-order valence-corrected chi connectivity index (χ0v) is 12.1. The smallest absolute Gasteiger partial charge is 0.251 e. The average molecular weight is 276 g/mol. The van der Waals surface area contributed by atoms with E-state index < -0.39 is 0 Å². The van der Waals surface area contributed by atoms with Crippen LogP contribution in [0, 0.1) is 0 Å². The number of carbonyl (C=O) groups excluding carboxylic acids is 1. The molecule has 2 aromatic rings. The van der Waals surface area contributed by atoms with E-state index in [-0.39, 0.29) is 5.91 Å². The Hall–Kier alpha value is -2.01. The Kier molecular flexibility index (Phi) is 4.63. The van der Waals surface area contributed by atoms with Crippen LogP contribution in [0.1, 0.15) is 16.8 Å². The predicted molar refractivity (Wildman–Crippen MR) is 78.3 cm³/mol. The maximum Gasteiger partial charge on any atom is 0.251 e. The second kappa shape index (κ2) is 6.43. The van der Waals surface area contributed by atoms with Gasteiger partial charge in [-0.05, 0) is 45.3 Å². The van der Waals surface area contributed by atoms with Gasteiger partial charge in [0.15, 0.2) is 0 Å². The molecule has 20 heavy (non-hydrogen) atoms. The van der Waals surface area contributed by atoms with E-state index >= 15 is 0 Å². The molecule has 5 nitrogen and oxygen atoms in total. The van der Waals surface area contributed by atoms with Gasteiger partial charge < -0.3 is 19.4 Å². The zero-order chi connectivity index (χ0) is 14.5. The van der Waals surface area contributed by atoms with Gasteiger partial charge in [0, 0.05) is 12.1 Å². The molecule has 1 amide bonds. The van der Waals surface area contributed by atoms with Crippen LogP contribution in [0.15, 0.2) is 28.9 Å². The summed E-state index contributed by atoms with van der Waals surface area (Å²) < 4.78 is 10.6. The van der Waals surface area contributed by atoms with Crippen LogP contribution in [0.5, 0.6) is 5.75 Å². The summed E-state index contributed by atoms with van der Waals surface area (Å²) in [6.45, 7) is 1.59. The molecule has 0 saturated heterocycles. The summed E-state index contributed by atoms with van der Waals surface area (Å²) in [4.78, 5) is 14.2. The van der Waals surface area contributed by atoms with E-state index in [1.165, 1.54) is 0 Å². The first kappa shape index (κ1) is 14.4.